The van der Waals surface area contributed by atoms with E-state index in [1.165, 1.54) is 7.11 Å². The van der Waals surface area contributed by atoms with Gasteiger partial charge in [0.1, 0.15) is 0 Å². The van der Waals surface area contributed by atoms with Gasteiger partial charge in [0.25, 0.3) is 5.91 Å². The Hall–Kier alpha value is -1.39. The lowest BCUT2D eigenvalue weighted by molar-refractivity contribution is -0.133. The third-order valence-electron chi connectivity index (χ3n) is 3.68. The van der Waals surface area contributed by atoms with Crippen LogP contribution in [-0.2, 0) is 9.53 Å². The molecule has 0 saturated carbocycles. The van der Waals surface area contributed by atoms with Crippen molar-refractivity contribution in [2.75, 3.05) is 13.7 Å². The Morgan fingerprint density at radius 3 is 2.37 bits per heavy atom. The zero-order valence-electron chi connectivity index (χ0n) is 12.1. The van der Waals surface area contributed by atoms with Gasteiger partial charge in [0.05, 0.1) is 5.54 Å². The molecule has 0 saturated heterocycles. The number of nitrogens with one attached hydrogen (secondary N) is 1. The quantitative estimate of drug-likeness (QED) is 0.824. The van der Waals surface area contributed by atoms with E-state index in [1.807, 2.05) is 51.1 Å². The summed E-state index contributed by atoms with van der Waals surface area (Å²) in [5, 5.41) is 3.00. The van der Waals surface area contributed by atoms with Gasteiger partial charge in [-0.2, -0.15) is 0 Å². The summed E-state index contributed by atoms with van der Waals surface area (Å²) in [5.74, 6) is 0.0880. The first-order valence-electron chi connectivity index (χ1n) is 6.54. The third-order valence-corrected chi connectivity index (χ3v) is 3.68. The Morgan fingerprint density at radius 2 is 1.95 bits per heavy atom. The fourth-order valence-corrected chi connectivity index (χ4v) is 1.80. The van der Waals surface area contributed by atoms with Gasteiger partial charge in [-0.3, -0.25) is 4.79 Å². The Bertz CT molecular complexity index is 406. The maximum absolute atomic E-state index is 12.4. The van der Waals surface area contributed by atoms with Crippen LogP contribution in [0.25, 0.3) is 0 Å². The van der Waals surface area contributed by atoms with E-state index < -0.39 is 11.6 Å². The zero-order chi connectivity index (χ0) is 14.5. The standard InChI is InChI=1S/C15H24N2O2/c1-11(2)15(3,10-16)17-14(18)13(19-4)12-8-6-5-7-9-12/h5-9,11,13H,10,16H2,1-4H3,(H,17,18). The van der Waals surface area contributed by atoms with E-state index in [0.29, 0.717) is 6.54 Å². The van der Waals surface area contributed by atoms with Crippen molar-refractivity contribution in [3.63, 3.8) is 0 Å². The number of carbonyl (C=O) groups excluding carboxylic acids is 1. The van der Waals surface area contributed by atoms with Gasteiger partial charge in [0.15, 0.2) is 6.10 Å². The molecule has 2 unspecified atom stereocenters. The zero-order valence-corrected chi connectivity index (χ0v) is 12.1. The van der Waals surface area contributed by atoms with Crippen LogP contribution >= 0.6 is 0 Å². The van der Waals surface area contributed by atoms with Gasteiger partial charge in [-0.25, -0.2) is 0 Å². The van der Waals surface area contributed by atoms with Crippen molar-refractivity contribution >= 4 is 5.91 Å². The average Bonchev–Trinajstić information content (AvgIpc) is 2.40. The SMILES string of the molecule is COC(C(=O)NC(C)(CN)C(C)C)c1ccccc1. The fourth-order valence-electron chi connectivity index (χ4n) is 1.80. The molecule has 0 bridgehead atoms. The molecule has 0 aliphatic rings. The van der Waals surface area contributed by atoms with Gasteiger partial charge < -0.3 is 15.8 Å². The molecule has 4 nitrogen and oxygen atoms in total. The Labute approximate surface area is 115 Å². The number of benzene rings is 1. The molecule has 0 aliphatic carbocycles. The minimum absolute atomic E-state index is 0.157. The van der Waals surface area contributed by atoms with E-state index in [2.05, 4.69) is 5.32 Å². The topological polar surface area (TPSA) is 64.3 Å². The smallest absolute Gasteiger partial charge is 0.254 e. The van der Waals surface area contributed by atoms with Crippen LogP contribution in [0.15, 0.2) is 30.3 Å². The molecule has 0 aromatic heterocycles. The number of hydrogen-bond acceptors (Lipinski definition) is 3. The minimum atomic E-state index is -0.606. The monoisotopic (exact) mass is 264 g/mol. The van der Waals surface area contributed by atoms with Crippen LogP contribution < -0.4 is 11.1 Å². The molecule has 1 aromatic carbocycles. The first-order chi connectivity index (χ1) is 8.94. The average molecular weight is 264 g/mol. The lowest BCUT2D eigenvalue weighted by Crippen LogP contribution is -2.56. The summed E-state index contributed by atoms with van der Waals surface area (Å²) >= 11 is 0. The van der Waals surface area contributed by atoms with E-state index >= 15 is 0 Å². The van der Waals surface area contributed by atoms with Gasteiger partial charge in [-0.1, -0.05) is 44.2 Å². The Balaban J connectivity index is 2.86. The van der Waals surface area contributed by atoms with Crippen LogP contribution in [0.5, 0.6) is 0 Å². The molecule has 0 spiro atoms. The van der Waals surface area contributed by atoms with Crippen LogP contribution in [0, 0.1) is 5.92 Å². The molecular formula is C15H24N2O2. The predicted octanol–water partition coefficient (Wildman–Crippen LogP) is 1.86. The van der Waals surface area contributed by atoms with Crippen molar-refractivity contribution in [3.8, 4) is 0 Å². The van der Waals surface area contributed by atoms with E-state index in [4.69, 9.17) is 10.5 Å². The molecule has 19 heavy (non-hydrogen) atoms. The van der Waals surface area contributed by atoms with Gasteiger partial charge in [0.2, 0.25) is 0 Å². The number of amides is 1. The van der Waals surface area contributed by atoms with Crippen molar-refractivity contribution in [2.45, 2.75) is 32.4 Å². The second-order valence-electron chi connectivity index (χ2n) is 5.29. The largest absolute Gasteiger partial charge is 0.367 e. The van der Waals surface area contributed by atoms with Gasteiger partial charge in [0, 0.05) is 13.7 Å². The predicted molar refractivity (Wildman–Crippen MR) is 76.6 cm³/mol. The van der Waals surface area contributed by atoms with Crippen LogP contribution in [-0.4, -0.2) is 25.1 Å². The highest BCUT2D eigenvalue weighted by Crippen LogP contribution is 2.20. The minimum Gasteiger partial charge on any atom is -0.367 e. The molecule has 106 valence electrons. The maximum Gasteiger partial charge on any atom is 0.254 e. The van der Waals surface area contributed by atoms with Gasteiger partial charge >= 0.3 is 0 Å². The number of methoxy groups -OCH3 is 1. The molecule has 2 atom stereocenters. The molecule has 0 aliphatic heterocycles. The molecular weight excluding hydrogens is 240 g/mol. The number of hydrogen-bond donors (Lipinski definition) is 2. The maximum atomic E-state index is 12.4. The molecule has 0 radical (unpaired) electrons. The number of carbonyl (C=O) groups is 1. The molecule has 1 rings (SSSR count). The van der Waals surface area contributed by atoms with Crippen LogP contribution in [0.3, 0.4) is 0 Å². The van der Waals surface area contributed by atoms with Crippen molar-refractivity contribution in [1.82, 2.24) is 5.32 Å². The second-order valence-corrected chi connectivity index (χ2v) is 5.29. The number of ether oxygens (including phenoxy) is 1. The van der Waals surface area contributed by atoms with Crippen molar-refractivity contribution in [2.24, 2.45) is 11.7 Å². The highest BCUT2D eigenvalue weighted by molar-refractivity contribution is 5.83. The highest BCUT2D eigenvalue weighted by atomic mass is 16.5. The molecule has 0 heterocycles. The third kappa shape index (κ3) is 3.78. The van der Waals surface area contributed by atoms with Crippen LogP contribution in [0.1, 0.15) is 32.4 Å². The van der Waals surface area contributed by atoms with E-state index in [0.717, 1.165) is 5.56 Å². The summed E-state index contributed by atoms with van der Waals surface area (Å²) in [7, 11) is 1.53. The summed E-state index contributed by atoms with van der Waals surface area (Å²) in [4.78, 5) is 12.4. The van der Waals surface area contributed by atoms with Crippen LogP contribution in [0.4, 0.5) is 0 Å². The summed E-state index contributed by atoms with van der Waals surface area (Å²) in [6.45, 7) is 6.42. The molecule has 3 N–H and O–H groups in total. The van der Waals surface area contributed by atoms with E-state index in [-0.39, 0.29) is 11.8 Å². The van der Waals surface area contributed by atoms with Crippen molar-refractivity contribution in [1.29, 1.82) is 0 Å². The molecule has 1 aromatic rings. The Morgan fingerprint density at radius 1 is 1.37 bits per heavy atom. The number of nitrogens with two attached hydrogens (primary N) is 1. The lowest BCUT2D eigenvalue weighted by Gasteiger charge is -2.34. The lowest BCUT2D eigenvalue weighted by atomic mass is 9.88. The van der Waals surface area contributed by atoms with Gasteiger partial charge in [-0.05, 0) is 18.4 Å². The summed E-state index contributed by atoms with van der Waals surface area (Å²) in [5.41, 5.74) is 6.19. The fraction of sp³-hybridized carbons (Fsp3) is 0.533. The van der Waals surface area contributed by atoms with Crippen LogP contribution in [0.2, 0.25) is 0 Å². The summed E-state index contributed by atoms with van der Waals surface area (Å²) < 4.78 is 5.32. The van der Waals surface area contributed by atoms with Crippen molar-refractivity contribution < 1.29 is 9.53 Å². The van der Waals surface area contributed by atoms with Gasteiger partial charge in [-0.15, -0.1) is 0 Å². The first kappa shape index (κ1) is 15.7. The molecule has 4 heteroatoms. The van der Waals surface area contributed by atoms with E-state index in [9.17, 15) is 4.79 Å². The highest BCUT2D eigenvalue weighted by Gasteiger charge is 2.31. The normalized spacial score (nSPS) is 15.9. The molecule has 0 fully saturated rings. The summed E-state index contributed by atoms with van der Waals surface area (Å²) in [6.07, 6.45) is -0.606. The summed E-state index contributed by atoms with van der Waals surface area (Å²) in [6, 6.07) is 9.44. The first-order valence-corrected chi connectivity index (χ1v) is 6.54. The second kappa shape index (κ2) is 6.68. The van der Waals surface area contributed by atoms with E-state index in [1.54, 1.807) is 0 Å². The number of rotatable bonds is 6. The molecule has 1 amide bonds. The Kier molecular flexibility index (Phi) is 5.51. The van der Waals surface area contributed by atoms with Crippen molar-refractivity contribution in [3.05, 3.63) is 35.9 Å².